The largest absolute Gasteiger partial charge is 0.379 e. The maximum absolute atomic E-state index is 11.7. The molecule has 8 heteroatoms. The summed E-state index contributed by atoms with van der Waals surface area (Å²) in [7, 11) is -3.51. The van der Waals surface area contributed by atoms with Crippen molar-refractivity contribution in [1.82, 2.24) is 19.8 Å². The first-order valence-electron chi connectivity index (χ1n) is 4.52. The van der Waals surface area contributed by atoms with E-state index in [1.165, 1.54) is 12.5 Å². The van der Waals surface area contributed by atoms with E-state index in [9.17, 15) is 8.42 Å². The lowest BCUT2D eigenvalue weighted by Crippen LogP contribution is -2.48. The van der Waals surface area contributed by atoms with Crippen molar-refractivity contribution < 1.29 is 13.2 Å². The van der Waals surface area contributed by atoms with E-state index in [4.69, 9.17) is 4.74 Å². The van der Waals surface area contributed by atoms with Crippen LogP contribution in [0.1, 0.15) is 0 Å². The van der Waals surface area contributed by atoms with Crippen molar-refractivity contribution in [2.75, 3.05) is 26.3 Å². The van der Waals surface area contributed by atoms with Crippen LogP contribution < -0.4 is 4.83 Å². The van der Waals surface area contributed by atoms with Gasteiger partial charge in [-0.1, -0.05) is 0 Å². The molecule has 0 bridgehead atoms. The summed E-state index contributed by atoms with van der Waals surface area (Å²) in [5.74, 6) is 0. The summed E-state index contributed by atoms with van der Waals surface area (Å²) in [6.45, 7) is 2.16. The average molecular weight is 232 g/mol. The molecule has 7 nitrogen and oxygen atoms in total. The molecule has 1 fully saturated rings. The van der Waals surface area contributed by atoms with Crippen molar-refractivity contribution in [3.8, 4) is 0 Å². The summed E-state index contributed by atoms with van der Waals surface area (Å²) >= 11 is 0. The molecule has 2 heterocycles. The first-order chi connectivity index (χ1) is 7.18. The molecule has 2 N–H and O–H groups in total. The minimum absolute atomic E-state index is 0.0639. The van der Waals surface area contributed by atoms with Gasteiger partial charge in [0.1, 0.15) is 0 Å². The number of morpholine rings is 1. The summed E-state index contributed by atoms with van der Waals surface area (Å²) in [4.78, 5) is 8.66. The zero-order valence-electron chi connectivity index (χ0n) is 8.01. The average Bonchev–Trinajstić information content (AvgIpc) is 2.71. The number of nitrogens with one attached hydrogen (secondary N) is 2. The van der Waals surface area contributed by atoms with Gasteiger partial charge < -0.3 is 9.72 Å². The Labute approximate surface area is 87.5 Å². The van der Waals surface area contributed by atoms with Crippen LogP contribution in [0.25, 0.3) is 0 Å². The molecule has 1 aliphatic rings. The smallest absolute Gasteiger partial charge is 0.270 e. The number of ether oxygens (including phenoxy) is 1. The number of aromatic amines is 1. The lowest BCUT2D eigenvalue weighted by Gasteiger charge is -2.26. The Balaban J connectivity index is 2.04. The van der Waals surface area contributed by atoms with Crippen LogP contribution in [0.4, 0.5) is 0 Å². The molecule has 0 spiro atoms. The third-order valence-corrected chi connectivity index (χ3v) is 3.32. The molecule has 0 amide bonds. The lowest BCUT2D eigenvalue weighted by atomic mass is 10.5. The molecule has 0 saturated carbocycles. The van der Waals surface area contributed by atoms with Crippen molar-refractivity contribution in [1.29, 1.82) is 0 Å². The Kier molecular flexibility index (Phi) is 3.00. The highest BCUT2D eigenvalue weighted by atomic mass is 32.2. The fourth-order valence-corrected chi connectivity index (χ4v) is 2.29. The number of nitrogens with zero attached hydrogens (tertiary/aromatic N) is 2. The summed E-state index contributed by atoms with van der Waals surface area (Å²) < 4.78 is 28.5. The molecule has 1 aromatic rings. The second-order valence-electron chi connectivity index (χ2n) is 3.11. The first-order valence-corrected chi connectivity index (χ1v) is 6.00. The van der Waals surface area contributed by atoms with Crippen LogP contribution in [0, 0.1) is 0 Å². The number of sulfonamides is 1. The number of H-pyrrole nitrogens is 1. The fourth-order valence-electron chi connectivity index (χ4n) is 1.26. The van der Waals surface area contributed by atoms with Crippen LogP contribution in [0.15, 0.2) is 17.6 Å². The van der Waals surface area contributed by atoms with Crippen LogP contribution in [-0.4, -0.2) is 49.7 Å². The fraction of sp³-hybridized carbons (Fsp3) is 0.571. The van der Waals surface area contributed by atoms with E-state index < -0.39 is 10.0 Å². The van der Waals surface area contributed by atoms with Gasteiger partial charge >= 0.3 is 0 Å². The molecule has 0 aromatic carbocycles. The predicted molar refractivity (Wildman–Crippen MR) is 51.3 cm³/mol. The van der Waals surface area contributed by atoms with Gasteiger partial charge in [0.15, 0.2) is 5.03 Å². The van der Waals surface area contributed by atoms with E-state index in [1.54, 1.807) is 5.01 Å². The Hall–Kier alpha value is -0.960. The van der Waals surface area contributed by atoms with Gasteiger partial charge in [-0.3, -0.25) is 0 Å². The van der Waals surface area contributed by atoms with Crippen molar-refractivity contribution >= 4 is 10.0 Å². The highest BCUT2D eigenvalue weighted by Crippen LogP contribution is 2.04. The lowest BCUT2D eigenvalue weighted by molar-refractivity contribution is 0.0272. The molecule has 1 aromatic heterocycles. The molecule has 0 radical (unpaired) electrons. The molecule has 2 rings (SSSR count). The van der Waals surface area contributed by atoms with Gasteiger partial charge in [0.25, 0.3) is 10.0 Å². The summed E-state index contributed by atoms with van der Waals surface area (Å²) in [6, 6.07) is 0. The molecule has 15 heavy (non-hydrogen) atoms. The Morgan fingerprint density at radius 2 is 2.20 bits per heavy atom. The third-order valence-electron chi connectivity index (χ3n) is 2.02. The predicted octanol–water partition coefficient (Wildman–Crippen LogP) is -1.06. The second-order valence-corrected chi connectivity index (χ2v) is 4.74. The van der Waals surface area contributed by atoms with Gasteiger partial charge in [0.05, 0.1) is 25.7 Å². The maximum Gasteiger partial charge on any atom is 0.270 e. The van der Waals surface area contributed by atoms with Crippen LogP contribution >= 0.6 is 0 Å². The zero-order valence-corrected chi connectivity index (χ0v) is 8.83. The maximum atomic E-state index is 11.7. The summed E-state index contributed by atoms with van der Waals surface area (Å²) in [5.41, 5.74) is 0. The molecule has 0 atom stereocenters. The van der Waals surface area contributed by atoms with E-state index in [-0.39, 0.29) is 5.03 Å². The van der Waals surface area contributed by atoms with Crippen LogP contribution in [0.2, 0.25) is 0 Å². The zero-order chi connectivity index (χ0) is 10.7. The summed E-state index contributed by atoms with van der Waals surface area (Å²) in [5, 5.41) is 1.67. The van der Waals surface area contributed by atoms with Crippen molar-refractivity contribution in [2.24, 2.45) is 0 Å². The highest BCUT2D eigenvalue weighted by molar-refractivity contribution is 7.89. The molecular formula is C7H12N4O3S. The van der Waals surface area contributed by atoms with Gasteiger partial charge in [-0.2, -0.15) is 0 Å². The Bertz CT molecular complexity index is 396. The van der Waals surface area contributed by atoms with E-state index in [1.807, 2.05) is 0 Å². The normalized spacial score (nSPS) is 19.2. The highest BCUT2D eigenvalue weighted by Gasteiger charge is 2.20. The SMILES string of the molecule is O=S(=O)(NN1CCOCC1)c1cnc[nH]1. The Morgan fingerprint density at radius 3 is 2.80 bits per heavy atom. The topological polar surface area (TPSA) is 87.3 Å². The minimum atomic E-state index is -3.51. The van der Waals surface area contributed by atoms with Gasteiger partial charge in [-0.05, 0) is 0 Å². The standard InChI is InChI=1S/C7H12N4O3S/c12-15(13,7-5-8-6-9-7)10-11-1-3-14-4-2-11/h5-6,10H,1-4H2,(H,8,9). The second kappa shape index (κ2) is 4.27. The Morgan fingerprint density at radius 1 is 1.47 bits per heavy atom. The molecule has 1 saturated heterocycles. The van der Waals surface area contributed by atoms with Gasteiger partial charge in [-0.25, -0.2) is 18.4 Å². The number of hydrogen-bond acceptors (Lipinski definition) is 5. The van der Waals surface area contributed by atoms with Crippen LogP contribution in [-0.2, 0) is 14.8 Å². The van der Waals surface area contributed by atoms with Crippen LogP contribution in [0.5, 0.6) is 0 Å². The number of hydrogen-bond donors (Lipinski definition) is 2. The number of imidazole rings is 1. The van der Waals surface area contributed by atoms with Gasteiger partial charge in [-0.15, -0.1) is 4.83 Å². The molecular weight excluding hydrogens is 220 g/mol. The van der Waals surface area contributed by atoms with Crippen molar-refractivity contribution in [3.05, 3.63) is 12.5 Å². The quantitative estimate of drug-likeness (QED) is 0.693. The molecule has 0 unspecified atom stereocenters. The van der Waals surface area contributed by atoms with Gasteiger partial charge in [0.2, 0.25) is 0 Å². The van der Waals surface area contributed by atoms with Crippen molar-refractivity contribution in [2.45, 2.75) is 5.03 Å². The monoisotopic (exact) mass is 232 g/mol. The van der Waals surface area contributed by atoms with E-state index >= 15 is 0 Å². The third kappa shape index (κ3) is 2.53. The van der Waals surface area contributed by atoms with E-state index in [2.05, 4.69) is 14.8 Å². The summed E-state index contributed by atoms with van der Waals surface area (Å²) in [6.07, 6.45) is 2.59. The molecule has 0 aliphatic carbocycles. The van der Waals surface area contributed by atoms with Crippen molar-refractivity contribution in [3.63, 3.8) is 0 Å². The van der Waals surface area contributed by atoms with Gasteiger partial charge in [0, 0.05) is 13.1 Å². The van der Waals surface area contributed by atoms with E-state index in [0.29, 0.717) is 26.3 Å². The van der Waals surface area contributed by atoms with Crippen LogP contribution in [0.3, 0.4) is 0 Å². The number of aromatic nitrogens is 2. The minimum Gasteiger partial charge on any atom is -0.379 e. The van der Waals surface area contributed by atoms with E-state index in [0.717, 1.165) is 0 Å². The number of hydrazine groups is 1. The molecule has 84 valence electrons. The number of rotatable bonds is 3. The first kappa shape index (κ1) is 10.6. The molecule has 1 aliphatic heterocycles.